The smallest absolute Gasteiger partial charge is 0.241 e. The number of aromatic amines is 2. The zero-order chi connectivity index (χ0) is 35.0. The number of nitrogens with zero attached hydrogens (tertiary/aromatic N) is 4. The van der Waals surface area contributed by atoms with E-state index in [4.69, 9.17) is 16.5 Å². The number of hydrogen-bond donors (Lipinski definition) is 4. The number of carbonyl (C=O) groups excluding carboxylic acids is 2. The van der Waals surface area contributed by atoms with E-state index in [2.05, 4.69) is 69.3 Å². The van der Waals surface area contributed by atoms with E-state index in [1.165, 1.54) is 5.56 Å². The van der Waals surface area contributed by atoms with Crippen LogP contribution >= 0.6 is 0 Å². The molecule has 49 heavy (non-hydrogen) atoms. The molecule has 0 saturated heterocycles. The Labute approximate surface area is 289 Å². The SMILES string of the molecule is CC(C)[C@H](N)C(=O)N(C)[C@@H](C)c1nc2c([nH]1)CCCc1cc(-c3ccc(-c4cnc([C@@H]5C#CCCN5C(=O)[C@@H](N)C(C)C)[nH]4)cc3)ccc1-2. The van der Waals surface area contributed by atoms with Gasteiger partial charge in [-0.25, -0.2) is 9.97 Å². The molecule has 6 N–H and O–H groups in total. The summed E-state index contributed by atoms with van der Waals surface area (Å²) in [5, 5.41) is 0. The van der Waals surface area contributed by atoms with Crippen LogP contribution in [-0.2, 0) is 22.4 Å². The second kappa shape index (κ2) is 14.0. The van der Waals surface area contributed by atoms with Gasteiger partial charge in [-0.2, -0.15) is 0 Å². The van der Waals surface area contributed by atoms with E-state index in [-0.39, 0.29) is 29.7 Å². The van der Waals surface area contributed by atoms with E-state index >= 15 is 0 Å². The molecular weight excluding hydrogens is 612 g/mol. The first-order valence-corrected chi connectivity index (χ1v) is 17.4. The summed E-state index contributed by atoms with van der Waals surface area (Å²) in [6.07, 6.45) is 5.29. The maximum absolute atomic E-state index is 13.1. The predicted molar refractivity (Wildman–Crippen MR) is 193 cm³/mol. The number of rotatable bonds is 9. The molecule has 0 radical (unpaired) electrons. The summed E-state index contributed by atoms with van der Waals surface area (Å²) in [6.45, 7) is 10.4. The van der Waals surface area contributed by atoms with Gasteiger partial charge in [-0.3, -0.25) is 9.59 Å². The summed E-state index contributed by atoms with van der Waals surface area (Å²) in [4.78, 5) is 46.1. The van der Waals surface area contributed by atoms with E-state index < -0.39 is 18.1 Å². The topological polar surface area (TPSA) is 150 Å². The van der Waals surface area contributed by atoms with Crippen LogP contribution in [0, 0.1) is 23.7 Å². The fourth-order valence-electron chi connectivity index (χ4n) is 6.54. The Hall–Kier alpha value is -4.72. The molecule has 256 valence electrons. The lowest BCUT2D eigenvalue weighted by molar-refractivity contribution is -0.135. The van der Waals surface area contributed by atoms with Gasteiger partial charge in [0.2, 0.25) is 11.8 Å². The van der Waals surface area contributed by atoms with Crippen molar-refractivity contribution >= 4 is 11.8 Å². The normalized spacial score (nSPS) is 17.4. The molecule has 0 bridgehead atoms. The van der Waals surface area contributed by atoms with E-state index in [1.807, 2.05) is 34.6 Å². The zero-order valence-electron chi connectivity index (χ0n) is 29.4. The maximum atomic E-state index is 13.1. The molecule has 6 rings (SSSR count). The number of imidazole rings is 2. The van der Waals surface area contributed by atoms with Gasteiger partial charge in [-0.1, -0.05) is 82.0 Å². The van der Waals surface area contributed by atoms with Crippen LogP contribution < -0.4 is 11.5 Å². The molecule has 2 amide bonds. The van der Waals surface area contributed by atoms with Crippen LogP contribution in [0.5, 0.6) is 0 Å². The molecule has 1 aliphatic carbocycles. The van der Waals surface area contributed by atoms with Gasteiger partial charge in [0, 0.05) is 31.3 Å². The number of hydrogen-bond acceptors (Lipinski definition) is 6. The molecule has 3 heterocycles. The highest BCUT2D eigenvalue weighted by molar-refractivity contribution is 5.83. The molecule has 10 nitrogen and oxygen atoms in total. The van der Waals surface area contributed by atoms with Crippen molar-refractivity contribution in [2.75, 3.05) is 13.6 Å². The third kappa shape index (κ3) is 6.78. The highest BCUT2D eigenvalue weighted by atomic mass is 16.2. The number of nitrogens with two attached hydrogens (primary N) is 2. The van der Waals surface area contributed by atoms with E-state index in [0.717, 1.165) is 64.4 Å². The second-order valence-corrected chi connectivity index (χ2v) is 14.1. The van der Waals surface area contributed by atoms with Crippen molar-refractivity contribution in [3.8, 4) is 45.5 Å². The van der Waals surface area contributed by atoms with Crippen LogP contribution in [0.1, 0.15) is 82.5 Å². The molecule has 10 heteroatoms. The van der Waals surface area contributed by atoms with Crippen LogP contribution in [0.25, 0.3) is 33.6 Å². The minimum atomic E-state index is -0.571. The van der Waals surface area contributed by atoms with E-state index in [9.17, 15) is 9.59 Å². The van der Waals surface area contributed by atoms with Crippen LogP contribution in [0.4, 0.5) is 0 Å². The largest absolute Gasteiger partial charge is 0.344 e. The van der Waals surface area contributed by atoms with Crippen LogP contribution in [0.15, 0.2) is 48.7 Å². The van der Waals surface area contributed by atoms with Crippen molar-refractivity contribution in [1.82, 2.24) is 29.7 Å². The Morgan fingerprint density at radius 1 is 0.939 bits per heavy atom. The van der Waals surface area contributed by atoms with Crippen LogP contribution in [0.3, 0.4) is 0 Å². The van der Waals surface area contributed by atoms with Gasteiger partial charge in [0.25, 0.3) is 0 Å². The monoisotopic (exact) mass is 660 g/mol. The number of nitrogens with one attached hydrogen (secondary N) is 2. The number of amides is 2. The number of benzene rings is 2. The summed E-state index contributed by atoms with van der Waals surface area (Å²) in [7, 11) is 1.80. The molecule has 2 aromatic carbocycles. The van der Waals surface area contributed by atoms with Crippen LogP contribution in [-0.4, -0.2) is 67.2 Å². The Bertz CT molecular complexity index is 1890. The molecule has 0 spiro atoms. The lowest BCUT2D eigenvalue weighted by Crippen LogP contribution is -2.48. The summed E-state index contributed by atoms with van der Waals surface area (Å²) in [6, 6.07) is 13.2. The van der Waals surface area contributed by atoms with Gasteiger partial charge in [0.1, 0.15) is 11.6 Å². The van der Waals surface area contributed by atoms with Crippen molar-refractivity contribution < 1.29 is 9.59 Å². The number of aryl methyl sites for hydroxylation is 2. The fourth-order valence-corrected chi connectivity index (χ4v) is 6.54. The quantitative estimate of drug-likeness (QED) is 0.177. The fraction of sp³-hybridized carbons (Fsp3) is 0.436. The first-order valence-electron chi connectivity index (χ1n) is 17.4. The standard InChI is InChI=1S/C39H48N8O2/c1-22(2)33(40)38(48)46(6)24(5)36-43-30-11-9-10-28-20-27(17-18-29(28)35(30)45-36)25-13-15-26(16-14-25)31-21-42-37(44-31)32-12-7-8-19-47(32)39(49)34(41)23(3)4/h13-18,20-24,32-34H,8-11,19,40-41H2,1-6H3,(H,42,44)(H,43,45)/t24-,32-,33-,34-/m0/s1. The Morgan fingerprint density at radius 2 is 1.63 bits per heavy atom. The van der Waals surface area contributed by atoms with Crippen LogP contribution in [0.2, 0.25) is 0 Å². The zero-order valence-corrected chi connectivity index (χ0v) is 29.4. The van der Waals surface area contributed by atoms with Gasteiger partial charge >= 0.3 is 0 Å². The molecule has 2 aromatic heterocycles. The lowest BCUT2D eigenvalue weighted by atomic mass is 9.95. The Kier molecular flexibility index (Phi) is 9.77. The Balaban J connectivity index is 1.20. The van der Waals surface area contributed by atoms with Gasteiger partial charge in [0.15, 0.2) is 6.04 Å². The lowest BCUT2D eigenvalue weighted by Gasteiger charge is -2.32. The Morgan fingerprint density at radius 3 is 2.35 bits per heavy atom. The maximum Gasteiger partial charge on any atom is 0.241 e. The third-order valence-electron chi connectivity index (χ3n) is 10.1. The van der Waals surface area contributed by atoms with Crippen molar-refractivity contribution in [3.63, 3.8) is 0 Å². The summed E-state index contributed by atoms with van der Waals surface area (Å²) < 4.78 is 0. The van der Waals surface area contributed by atoms with Crippen molar-refractivity contribution in [2.45, 2.75) is 84.5 Å². The van der Waals surface area contributed by atoms with Gasteiger partial charge < -0.3 is 31.2 Å². The highest BCUT2D eigenvalue weighted by Gasteiger charge is 2.32. The summed E-state index contributed by atoms with van der Waals surface area (Å²) in [5.41, 5.74) is 21.0. The summed E-state index contributed by atoms with van der Waals surface area (Å²) in [5.74, 6) is 7.69. The molecule has 4 aromatic rings. The first kappa shape index (κ1) is 34.2. The predicted octanol–water partition coefficient (Wildman–Crippen LogP) is 5.39. The second-order valence-electron chi connectivity index (χ2n) is 14.1. The van der Waals surface area contributed by atoms with E-state index in [0.29, 0.717) is 18.8 Å². The molecule has 2 aliphatic rings. The molecule has 4 atom stereocenters. The number of aromatic nitrogens is 4. The first-order chi connectivity index (χ1) is 23.4. The highest BCUT2D eigenvalue weighted by Crippen LogP contribution is 2.36. The molecule has 0 fully saturated rings. The van der Waals surface area contributed by atoms with Gasteiger partial charge in [0.05, 0.1) is 35.7 Å². The molecule has 1 aliphatic heterocycles. The molecule has 0 saturated carbocycles. The van der Waals surface area contributed by atoms with Gasteiger partial charge in [-0.05, 0) is 60.3 Å². The number of likely N-dealkylation sites (N-methyl/N-ethyl adjacent to an activating group) is 1. The van der Waals surface area contributed by atoms with Crippen molar-refractivity contribution in [1.29, 1.82) is 0 Å². The average Bonchev–Trinajstić information content (AvgIpc) is 3.74. The molecular formula is C39H48N8O2. The van der Waals surface area contributed by atoms with Crippen molar-refractivity contribution in [2.24, 2.45) is 23.3 Å². The third-order valence-corrected chi connectivity index (χ3v) is 10.1. The van der Waals surface area contributed by atoms with E-state index in [1.54, 1.807) is 23.0 Å². The summed E-state index contributed by atoms with van der Waals surface area (Å²) >= 11 is 0. The average molecular weight is 661 g/mol. The minimum absolute atomic E-state index is 0.0395. The van der Waals surface area contributed by atoms with Crippen molar-refractivity contribution in [3.05, 3.63) is 71.6 Å². The molecule has 0 unspecified atom stereocenters. The number of carbonyl (C=O) groups is 2. The minimum Gasteiger partial charge on any atom is -0.344 e. The number of H-pyrrole nitrogens is 2. The number of fused-ring (bicyclic) bond motifs is 3. The van der Waals surface area contributed by atoms with Gasteiger partial charge in [-0.15, -0.1) is 0 Å².